The number of nitrogens with zero attached hydrogens (tertiary/aromatic N) is 6. The highest BCUT2D eigenvalue weighted by molar-refractivity contribution is 7.85. The Morgan fingerprint density at radius 1 is 0.770 bits per heavy atom. The number of carbonyl (C=O) groups is 3. The maximum Gasteiger partial charge on any atom is 0.417 e. The lowest BCUT2D eigenvalue weighted by Gasteiger charge is -2.32. The molecule has 0 radical (unpaired) electrons. The van der Waals surface area contributed by atoms with Gasteiger partial charge in [0.2, 0.25) is 5.95 Å². The van der Waals surface area contributed by atoms with Gasteiger partial charge in [-0.1, -0.05) is 29.8 Å². The Kier molecular flexibility index (Phi) is 19.1. The Hall–Kier alpha value is -8.02. The number of benzene rings is 4. The van der Waals surface area contributed by atoms with Crippen LogP contribution >= 0.6 is 11.6 Å². The third-order valence-electron chi connectivity index (χ3n) is 10.6. The number of carbonyl (C=O) groups excluding carboxylic acids is 3. The predicted molar refractivity (Wildman–Crippen MR) is 278 cm³/mol. The minimum Gasteiger partial charge on any atom is -0.457 e. The van der Waals surface area contributed by atoms with Crippen LogP contribution in [0.1, 0.15) is 37.5 Å². The van der Waals surface area contributed by atoms with Gasteiger partial charge in [-0.05, 0) is 116 Å². The van der Waals surface area contributed by atoms with Gasteiger partial charge in [-0.15, -0.1) is 0 Å². The van der Waals surface area contributed by atoms with E-state index in [9.17, 15) is 36.0 Å². The molecule has 1 aliphatic rings. The summed E-state index contributed by atoms with van der Waals surface area (Å²) in [4.78, 5) is 58.6. The number of hydrogen-bond donors (Lipinski definition) is 6. The Balaban J connectivity index is 0.000000223. The highest BCUT2D eigenvalue weighted by atomic mass is 35.5. The van der Waals surface area contributed by atoms with Crippen LogP contribution in [0.5, 0.6) is 11.5 Å². The van der Waals surface area contributed by atoms with E-state index in [1.165, 1.54) is 30.9 Å². The summed E-state index contributed by atoms with van der Waals surface area (Å²) < 4.78 is 70.3. The molecule has 1 aliphatic heterocycles. The molecule has 6 N–H and O–H groups in total. The third-order valence-corrected chi connectivity index (χ3v) is 11.0. The number of piperazine rings is 1. The maximum atomic E-state index is 12.9. The summed E-state index contributed by atoms with van der Waals surface area (Å²) in [5.41, 5.74) is 5.54. The second-order valence-corrected chi connectivity index (χ2v) is 18.4. The Morgan fingerprint density at radius 2 is 1.42 bits per heavy atom. The molecule has 18 nitrogen and oxygen atoms in total. The normalized spacial score (nSPS) is 12.7. The van der Waals surface area contributed by atoms with Gasteiger partial charge in [0.1, 0.15) is 17.2 Å². The molecule has 23 heteroatoms. The largest absolute Gasteiger partial charge is 0.457 e. The van der Waals surface area contributed by atoms with Gasteiger partial charge < -0.3 is 36.2 Å². The molecule has 3 aromatic heterocycles. The summed E-state index contributed by atoms with van der Waals surface area (Å²) in [6.07, 6.45) is 2.72. The average molecular weight is 1050 g/mol. The molecular formula is C51H51ClF3N11O7S. The minimum absolute atomic E-state index is 0.0659. The lowest BCUT2D eigenvalue weighted by atomic mass is 10.1. The molecule has 0 spiro atoms. The van der Waals surface area contributed by atoms with Gasteiger partial charge in [0.05, 0.1) is 22.5 Å². The highest BCUT2D eigenvalue weighted by Crippen LogP contribution is 2.36. The molecule has 0 bridgehead atoms. The molecule has 1 saturated heterocycles. The molecular weight excluding hydrogens is 1000 g/mol. The number of likely N-dealkylation sites (N-methyl/N-ethyl adjacent to an activating group) is 1. The van der Waals surface area contributed by atoms with Crippen LogP contribution in [0.15, 0.2) is 140 Å². The van der Waals surface area contributed by atoms with Crippen molar-refractivity contribution >= 4 is 68.3 Å². The van der Waals surface area contributed by atoms with Crippen molar-refractivity contribution in [1.29, 1.82) is 0 Å². The van der Waals surface area contributed by atoms with Crippen LogP contribution in [-0.2, 0) is 22.8 Å². The van der Waals surface area contributed by atoms with Gasteiger partial charge >= 0.3 is 12.2 Å². The zero-order chi connectivity index (χ0) is 53.4. The second kappa shape index (κ2) is 25.6. The van der Waals surface area contributed by atoms with E-state index in [4.69, 9.17) is 20.9 Å². The van der Waals surface area contributed by atoms with Crippen LogP contribution in [-0.4, -0.2) is 107 Å². The van der Waals surface area contributed by atoms with Gasteiger partial charge in [0.15, 0.2) is 0 Å². The number of alkyl halides is 3. The Bertz CT molecular complexity index is 3140. The zero-order valence-electron chi connectivity index (χ0n) is 40.3. The summed E-state index contributed by atoms with van der Waals surface area (Å²) in [6, 6.07) is 30.9. The van der Waals surface area contributed by atoms with Gasteiger partial charge in [0, 0.05) is 105 Å². The van der Waals surface area contributed by atoms with E-state index in [2.05, 4.69) is 63.4 Å². The monoisotopic (exact) mass is 1050 g/mol. The fourth-order valence-electron chi connectivity index (χ4n) is 6.86. The maximum absolute atomic E-state index is 12.9. The van der Waals surface area contributed by atoms with Crippen molar-refractivity contribution in [2.24, 2.45) is 0 Å². The third kappa shape index (κ3) is 17.6. The molecule has 0 unspecified atom stereocenters. The number of amides is 4. The van der Waals surface area contributed by atoms with Crippen molar-refractivity contribution in [2.45, 2.75) is 19.6 Å². The van der Waals surface area contributed by atoms with Crippen LogP contribution in [0, 0.1) is 6.92 Å². The smallest absolute Gasteiger partial charge is 0.417 e. The van der Waals surface area contributed by atoms with E-state index in [1.807, 2.05) is 67.6 Å². The number of halogens is 4. The van der Waals surface area contributed by atoms with Crippen LogP contribution < -0.4 is 31.3 Å². The molecule has 4 heterocycles. The van der Waals surface area contributed by atoms with E-state index in [1.54, 1.807) is 48.9 Å². The number of urea groups is 1. The number of aromatic nitrogens is 4. The van der Waals surface area contributed by atoms with E-state index in [0.29, 0.717) is 40.6 Å². The molecule has 4 amide bonds. The molecule has 386 valence electrons. The van der Waals surface area contributed by atoms with E-state index in [-0.39, 0.29) is 23.2 Å². The van der Waals surface area contributed by atoms with E-state index < -0.39 is 32.9 Å². The first-order chi connectivity index (χ1) is 35.2. The quantitative estimate of drug-likeness (QED) is 0.0626. The van der Waals surface area contributed by atoms with Crippen molar-refractivity contribution in [3.63, 3.8) is 0 Å². The second-order valence-electron chi connectivity index (χ2n) is 16.5. The van der Waals surface area contributed by atoms with Crippen molar-refractivity contribution in [1.82, 2.24) is 35.1 Å². The number of ether oxygens (including phenoxy) is 1. The molecule has 7 aromatic rings. The fourth-order valence-corrected chi connectivity index (χ4v) is 7.09. The number of nitrogens with one attached hydrogen (secondary N) is 5. The predicted octanol–water partition coefficient (Wildman–Crippen LogP) is 9.64. The fraction of sp³-hybridized carbons (Fsp3) is 0.196. The summed E-state index contributed by atoms with van der Waals surface area (Å²) in [5.74, 6) is 0.793. The first-order valence-corrected chi connectivity index (χ1v) is 24.7. The van der Waals surface area contributed by atoms with Crippen LogP contribution in [0.25, 0.3) is 11.3 Å². The van der Waals surface area contributed by atoms with Crippen molar-refractivity contribution < 1.29 is 45.3 Å². The molecule has 1 fully saturated rings. The Morgan fingerprint density at radius 3 is 2.08 bits per heavy atom. The van der Waals surface area contributed by atoms with Gasteiger partial charge in [-0.25, -0.2) is 14.8 Å². The molecule has 0 saturated carbocycles. The topological polar surface area (TPSA) is 233 Å². The summed E-state index contributed by atoms with van der Waals surface area (Å²) >= 11 is 5.57. The lowest BCUT2D eigenvalue weighted by molar-refractivity contribution is -0.137. The zero-order valence-corrected chi connectivity index (χ0v) is 41.9. The van der Waals surface area contributed by atoms with Crippen molar-refractivity contribution in [2.75, 3.05) is 67.8 Å². The lowest BCUT2D eigenvalue weighted by Crippen LogP contribution is -2.43. The first kappa shape index (κ1) is 55.3. The van der Waals surface area contributed by atoms with E-state index >= 15 is 0 Å². The summed E-state index contributed by atoms with van der Waals surface area (Å²) in [7, 11) is -0.0193. The average Bonchev–Trinajstić information content (AvgIpc) is 3.36. The van der Waals surface area contributed by atoms with E-state index in [0.717, 1.165) is 67.4 Å². The number of pyridine rings is 2. The standard InChI is InChI=1S/C29H31N7O.C21H16ClF3N4O3.CH4O3S/c1-21-5-10-25(18-27(21)34-29-31-13-11-26(33-29)24-4-3-12-30-19-24)32-28(37)23-8-6-22(7-9-23)20-36-16-14-35(2)15-17-36;1-26-19(30)18-11-15(8-9-27-18)32-14-5-2-12(3-6-14)28-20(31)29-13-4-7-17(22)16(10-13)21(23,24)25;1-5(2,3)4/h3-13,18-19H,14-17,20H2,1-2H3,(H,32,37)(H,31,33,34);2-11H,1H3,(H,26,30)(H2,28,29,31);1H3,(H,2,3,4). The van der Waals surface area contributed by atoms with Gasteiger partial charge in [-0.3, -0.25) is 29.0 Å². The Labute approximate surface area is 430 Å². The van der Waals surface area contributed by atoms with Crippen LogP contribution in [0.2, 0.25) is 5.02 Å². The van der Waals surface area contributed by atoms with Crippen LogP contribution in [0.4, 0.5) is 46.7 Å². The number of aryl methyl sites for hydroxylation is 1. The summed E-state index contributed by atoms with van der Waals surface area (Å²) in [5, 5.41) is 13.1. The first-order valence-electron chi connectivity index (χ1n) is 22.4. The molecule has 0 atom stereocenters. The molecule has 8 rings (SSSR count). The molecule has 4 aromatic carbocycles. The molecule has 74 heavy (non-hydrogen) atoms. The number of hydrogen-bond acceptors (Lipinski definition) is 13. The van der Waals surface area contributed by atoms with Gasteiger partial charge in [0.25, 0.3) is 21.9 Å². The van der Waals surface area contributed by atoms with Crippen molar-refractivity contribution in [3.8, 4) is 22.8 Å². The number of rotatable bonds is 12. The SMILES string of the molecule is CNC(=O)c1cc(Oc2ccc(NC(=O)Nc3ccc(Cl)c(C(F)(F)F)c3)cc2)ccn1.CS(=O)(=O)O.Cc1ccc(NC(=O)c2ccc(CN3CCN(C)CC3)cc2)cc1Nc1nccc(-c2cccnc2)n1. The number of anilines is 5. The molecule has 0 aliphatic carbocycles. The van der Waals surface area contributed by atoms with Crippen LogP contribution in [0.3, 0.4) is 0 Å². The van der Waals surface area contributed by atoms with Gasteiger partial charge in [-0.2, -0.15) is 21.6 Å². The van der Waals surface area contributed by atoms with Crippen molar-refractivity contribution in [3.05, 3.63) is 173 Å². The highest BCUT2D eigenvalue weighted by Gasteiger charge is 2.33. The summed E-state index contributed by atoms with van der Waals surface area (Å²) in [6.45, 7) is 7.24. The minimum atomic E-state index is -4.64.